The molecule has 3 fully saturated rings. The Morgan fingerprint density at radius 1 is 0.864 bits per heavy atom. The number of amides is 1. The number of benzene rings is 3. The van der Waals surface area contributed by atoms with E-state index >= 15 is 4.79 Å². The number of ether oxygens (including phenoxy) is 4. The van der Waals surface area contributed by atoms with Gasteiger partial charge in [0, 0.05) is 35.7 Å². The molecule has 1 heterocycles. The monoisotopic (exact) mass is 805 g/mol. The van der Waals surface area contributed by atoms with Gasteiger partial charge >= 0.3 is 17.9 Å². The van der Waals surface area contributed by atoms with Crippen LogP contribution in [0.2, 0.25) is 0 Å². The number of fused-ring (bicyclic) bond motifs is 5. The van der Waals surface area contributed by atoms with Crippen LogP contribution in [0.4, 0.5) is 0 Å². The molecule has 3 aromatic rings. The highest BCUT2D eigenvalue weighted by molar-refractivity contribution is 5.95. The Morgan fingerprint density at radius 3 is 2.00 bits per heavy atom. The summed E-state index contributed by atoms with van der Waals surface area (Å²) in [6.07, 6.45) is -2.96. The third kappa shape index (κ3) is 6.80. The van der Waals surface area contributed by atoms with Crippen LogP contribution in [-0.4, -0.2) is 70.8 Å². The second-order valence-electron chi connectivity index (χ2n) is 17.8. The van der Waals surface area contributed by atoms with Crippen LogP contribution in [0, 0.1) is 34.5 Å². The van der Waals surface area contributed by atoms with E-state index in [0.29, 0.717) is 28.7 Å². The minimum atomic E-state index is -1.99. The first-order valence-electron chi connectivity index (χ1n) is 20.5. The smallest absolute Gasteiger partial charge is 0.338 e. The Bertz CT molecular complexity index is 2150. The molecular formula is C48H55NO10. The molecule has 1 aliphatic heterocycles. The maximum absolute atomic E-state index is 15.4. The van der Waals surface area contributed by atoms with Crippen LogP contribution in [0.15, 0.2) is 102 Å². The molecule has 59 heavy (non-hydrogen) atoms. The summed E-state index contributed by atoms with van der Waals surface area (Å²) in [5.74, 6) is -5.59. The number of esters is 3. The van der Waals surface area contributed by atoms with Crippen molar-refractivity contribution in [2.45, 2.75) is 104 Å². The molecule has 11 nitrogen and oxygen atoms in total. The number of carbonyl (C=O) groups excluding carboxylic acids is 5. The standard InChI is InChI=1S/C48H55NO10/c1-27-24-36-47(26-56-36,59-31(5)50)39-41(58-44(54)34-22-16-11-17-23-34)48(55)25-35(28(2)37(45(48,6)7)29(3)40(51)46(27,39)8)57-43(53)30(4)38(32-18-12-9-13-19-32)49-42(52)33-20-14-10-15-21-33/h9-23,27,29-30,35-36,38-39,41,55H,24-26H2,1-8H3,(H,49,52)/t27?,29-,30+,35+,36?,38+,39-,41-,46?,47-,48?/m1/s1. The quantitative estimate of drug-likeness (QED) is 0.131. The summed E-state index contributed by atoms with van der Waals surface area (Å²) in [7, 11) is 0. The van der Waals surface area contributed by atoms with E-state index < -0.39 is 82.0 Å². The van der Waals surface area contributed by atoms with Gasteiger partial charge in [-0.1, -0.05) is 101 Å². The van der Waals surface area contributed by atoms with Crippen molar-refractivity contribution in [2.24, 2.45) is 34.5 Å². The average Bonchev–Trinajstić information content (AvgIpc) is 3.21. The summed E-state index contributed by atoms with van der Waals surface area (Å²) in [5, 5.41) is 16.8. The van der Waals surface area contributed by atoms with Gasteiger partial charge in [-0.05, 0) is 67.2 Å². The van der Waals surface area contributed by atoms with Gasteiger partial charge in [0.2, 0.25) is 0 Å². The minimum absolute atomic E-state index is 0.0605. The predicted octanol–water partition coefficient (Wildman–Crippen LogP) is 6.99. The molecule has 3 aromatic carbocycles. The topological polar surface area (TPSA) is 155 Å². The fourth-order valence-corrected chi connectivity index (χ4v) is 10.9. The van der Waals surface area contributed by atoms with E-state index in [9.17, 15) is 24.3 Å². The first kappa shape index (κ1) is 42.0. The zero-order valence-electron chi connectivity index (χ0n) is 35.0. The number of ketones is 1. The van der Waals surface area contributed by atoms with Crippen LogP contribution in [0.1, 0.15) is 101 Å². The van der Waals surface area contributed by atoms with Gasteiger partial charge in [-0.25, -0.2) is 4.79 Å². The first-order chi connectivity index (χ1) is 27.9. The maximum atomic E-state index is 15.4. The molecule has 11 atom stereocenters. The predicted molar refractivity (Wildman–Crippen MR) is 218 cm³/mol. The fraction of sp³-hybridized carbons (Fsp3) is 0.479. The fourth-order valence-electron chi connectivity index (χ4n) is 10.9. The molecule has 7 rings (SSSR count). The van der Waals surface area contributed by atoms with Crippen molar-refractivity contribution in [1.82, 2.24) is 5.32 Å². The summed E-state index contributed by atoms with van der Waals surface area (Å²) < 4.78 is 25.3. The molecule has 1 saturated heterocycles. The average molecular weight is 806 g/mol. The molecule has 0 spiro atoms. The largest absolute Gasteiger partial charge is 0.457 e. The van der Waals surface area contributed by atoms with E-state index in [4.69, 9.17) is 18.9 Å². The van der Waals surface area contributed by atoms with E-state index in [0.717, 1.165) is 0 Å². The van der Waals surface area contributed by atoms with Crippen LogP contribution in [0.25, 0.3) is 0 Å². The third-order valence-electron chi connectivity index (χ3n) is 14.3. The van der Waals surface area contributed by atoms with Gasteiger partial charge in [0.05, 0.1) is 30.0 Å². The second kappa shape index (κ2) is 15.5. The molecule has 312 valence electrons. The molecular weight excluding hydrogens is 751 g/mol. The highest BCUT2D eigenvalue weighted by Gasteiger charge is 2.77. The zero-order chi connectivity index (χ0) is 42.7. The van der Waals surface area contributed by atoms with Crippen LogP contribution in [0.3, 0.4) is 0 Å². The number of rotatable bonds is 9. The Balaban J connectivity index is 1.34. The minimum Gasteiger partial charge on any atom is -0.457 e. The van der Waals surface area contributed by atoms with Gasteiger partial charge in [-0.3, -0.25) is 19.2 Å². The summed E-state index contributed by atoms with van der Waals surface area (Å²) in [6.45, 7) is 14.0. The third-order valence-corrected chi connectivity index (χ3v) is 14.3. The molecule has 11 heteroatoms. The maximum Gasteiger partial charge on any atom is 0.338 e. The lowest BCUT2D eigenvalue weighted by Crippen LogP contribution is -2.80. The van der Waals surface area contributed by atoms with E-state index in [-0.39, 0.29) is 36.2 Å². The molecule has 4 unspecified atom stereocenters. The first-order valence-corrected chi connectivity index (χ1v) is 20.5. The highest BCUT2D eigenvalue weighted by Crippen LogP contribution is 2.66. The van der Waals surface area contributed by atoms with Crippen molar-refractivity contribution in [1.29, 1.82) is 0 Å². The van der Waals surface area contributed by atoms with Crippen molar-refractivity contribution in [3.63, 3.8) is 0 Å². The second-order valence-corrected chi connectivity index (χ2v) is 17.8. The van der Waals surface area contributed by atoms with Gasteiger partial charge in [0.1, 0.15) is 29.7 Å². The van der Waals surface area contributed by atoms with Crippen LogP contribution >= 0.6 is 0 Å². The lowest BCUT2D eigenvalue weighted by atomic mass is 9.42. The van der Waals surface area contributed by atoms with E-state index in [1.807, 2.05) is 77.9 Å². The van der Waals surface area contributed by atoms with E-state index in [2.05, 4.69) is 5.32 Å². The summed E-state index contributed by atoms with van der Waals surface area (Å²) in [6, 6.07) is 25.5. The van der Waals surface area contributed by atoms with E-state index in [1.165, 1.54) is 6.92 Å². The molecule has 0 aromatic heterocycles. The van der Waals surface area contributed by atoms with Crippen molar-refractivity contribution in [3.8, 4) is 0 Å². The highest BCUT2D eigenvalue weighted by atomic mass is 16.6. The Labute approximate surface area is 345 Å². The molecule has 2 N–H and O–H groups in total. The van der Waals surface area contributed by atoms with Gasteiger partial charge in [-0.2, -0.15) is 0 Å². The SMILES string of the molecule is CC(=O)O[C@]12COC1CC(C)C1(C)C(=O)[C@H](C)C3=C(C)[C@@H](OC(=O)[C@@H](C)[C@H](NC(=O)c4ccccc4)c4ccccc4)CC(O)([C@H](OC(=O)c4ccccc4)[C@H]12)C3(C)C. The van der Waals surface area contributed by atoms with Crippen molar-refractivity contribution < 1.29 is 48.0 Å². The van der Waals surface area contributed by atoms with E-state index in [1.54, 1.807) is 61.5 Å². The lowest BCUT2D eigenvalue weighted by Gasteiger charge is -2.68. The van der Waals surface area contributed by atoms with Gasteiger partial charge in [-0.15, -0.1) is 0 Å². The van der Waals surface area contributed by atoms with Gasteiger partial charge < -0.3 is 29.4 Å². The molecule has 4 aliphatic rings. The Hall–Kier alpha value is -5.13. The number of Topliss-reactive ketones (excluding diaryl/α,β-unsaturated/α-hetero) is 1. The van der Waals surface area contributed by atoms with Gasteiger partial charge in [0.25, 0.3) is 5.91 Å². The van der Waals surface area contributed by atoms with Gasteiger partial charge in [0.15, 0.2) is 5.60 Å². The normalized spacial score (nSPS) is 33.0. The number of carbonyl (C=O) groups is 5. The van der Waals surface area contributed by atoms with Crippen molar-refractivity contribution in [2.75, 3.05) is 6.61 Å². The number of nitrogens with one attached hydrogen (secondary N) is 1. The Morgan fingerprint density at radius 2 is 1.44 bits per heavy atom. The number of aliphatic hydroxyl groups is 1. The molecule has 1 amide bonds. The molecule has 2 bridgehead atoms. The lowest BCUT2D eigenvalue weighted by molar-refractivity contribution is -0.339. The van der Waals surface area contributed by atoms with Crippen LogP contribution in [0.5, 0.6) is 0 Å². The van der Waals surface area contributed by atoms with Crippen LogP contribution in [-0.2, 0) is 33.3 Å². The van der Waals surface area contributed by atoms with Crippen molar-refractivity contribution in [3.05, 3.63) is 119 Å². The summed E-state index contributed by atoms with van der Waals surface area (Å²) in [4.78, 5) is 70.7. The summed E-state index contributed by atoms with van der Waals surface area (Å²) in [5.41, 5.74) is -3.37. The molecule has 3 aliphatic carbocycles. The number of hydrogen-bond acceptors (Lipinski definition) is 10. The number of hydrogen-bond donors (Lipinski definition) is 2. The summed E-state index contributed by atoms with van der Waals surface area (Å²) >= 11 is 0. The zero-order valence-corrected chi connectivity index (χ0v) is 35.0. The molecule has 2 saturated carbocycles. The van der Waals surface area contributed by atoms with Crippen LogP contribution < -0.4 is 5.32 Å². The Kier molecular flexibility index (Phi) is 11.0. The van der Waals surface area contributed by atoms with Crippen molar-refractivity contribution >= 4 is 29.6 Å². The molecule has 0 radical (unpaired) electrons.